The largest absolute Gasteiger partial charge is 0.490 e. The zero-order valence-corrected chi connectivity index (χ0v) is 10.0. The summed E-state index contributed by atoms with van der Waals surface area (Å²) in [7, 11) is 0. The number of rotatable bonds is 4. The van der Waals surface area contributed by atoms with Crippen LogP contribution >= 0.6 is 0 Å². The number of aliphatic hydroxyl groups is 1. The summed E-state index contributed by atoms with van der Waals surface area (Å²) >= 11 is 0. The molecule has 1 aromatic rings. The van der Waals surface area contributed by atoms with Gasteiger partial charge in [0.15, 0.2) is 0 Å². The van der Waals surface area contributed by atoms with Crippen LogP contribution in [0.1, 0.15) is 37.0 Å². The lowest BCUT2D eigenvalue weighted by molar-refractivity contribution is 0.214. The molecule has 0 heterocycles. The lowest BCUT2D eigenvalue weighted by Crippen LogP contribution is -2.11. The summed E-state index contributed by atoms with van der Waals surface area (Å²) in [5.74, 6) is 0.960. The predicted molar refractivity (Wildman–Crippen MR) is 62.2 cm³/mol. The molecular weight excluding hydrogens is 188 g/mol. The highest BCUT2D eigenvalue weighted by atomic mass is 16.5. The zero-order valence-electron chi connectivity index (χ0n) is 10.0. The number of hydrogen-bond acceptors (Lipinski definition) is 2. The van der Waals surface area contributed by atoms with Gasteiger partial charge in [-0.3, -0.25) is 0 Å². The molecule has 0 saturated carbocycles. The molecule has 2 nitrogen and oxygen atoms in total. The van der Waals surface area contributed by atoms with E-state index in [1.54, 1.807) is 0 Å². The topological polar surface area (TPSA) is 29.5 Å². The van der Waals surface area contributed by atoms with Gasteiger partial charge in [-0.05, 0) is 43.9 Å². The summed E-state index contributed by atoms with van der Waals surface area (Å²) in [6.45, 7) is 8.30. The average molecular weight is 208 g/mol. The van der Waals surface area contributed by atoms with Crippen molar-refractivity contribution in [3.63, 3.8) is 0 Å². The van der Waals surface area contributed by atoms with Crippen molar-refractivity contribution >= 4 is 0 Å². The van der Waals surface area contributed by atoms with Crippen LogP contribution in [0.4, 0.5) is 0 Å². The van der Waals surface area contributed by atoms with Gasteiger partial charge in [0.1, 0.15) is 5.75 Å². The van der Waals surface area contributed by atoms with Crippen molar-refractivity contribution < 1.29 is 9.84 Å². The molecule has 2 heteroatoms. The summed E-state index contributed by atoms with van der Waals surface area (Å²) in [4.78, 5) is 0. The van der Waals surface area contributed by atoms with Crippen molar-refractivity contribution in [2.24, 2.45) is 0 Å². The number of ether oxygens (including phenoxy) is 1. The quantitative estimate of drug-likeness (QED) is 0.824. The Hall–Kier alpha value is -1.02. The van der Waals surface area contributed by atoms with Crippen LogP contribution in [0.5, 0.6) is 5.75 Å². The van der Waals surface area contributed by atoms with Gasteiger partial charge in [-0.2, -0.15) is 0 Å². The maximum absolute atomic E-state index is 9.06. The van der Waals surface area contributed by atoms with Gasteiger partial charge in [-0.1, -0.05) is 19.1 Å². The fraction of sp³-hybridized carbons (Fsp3) is 0.538. The number of aliphatic hydroxyl groups excluding tert-OH is 1. The molecule has 0 fully saturated rings. The molecule has 15 heavy (non-hydrogen) atoms. The van der Waals surface area contributed by atoms with Crippen LogP contribution in [0.2, 0.25) is 0 Å². The fourth-order valence-electron chi connectivity index (χ4n) is 1.60. The van der Waals surface area contributed by atoms with Gasteiger partial charge >= 0.3 is 0 Å². The van der Waals surface area contributed by atoms with Gasteiger partial charge < -0.3 is 9.84 Å². The summed E-state index contributed by atoms with van der Waals surface area (Å²) in [5, 5.41) is 9.06. The number of hydrogen-bond donors (Lipinski definition) is 1. The molecule has 1 unspecified atom stereocenters. The van der Waals surface area contributed by atoms with E-state index in [4.69, 9.17) is 9.84 Å². The van der Waals surface area contributed by atoms with Crippen molar-refractivity contribution in [3.05, 3.63) is 28.8 Å². The van der Waals surface area contributed by atoms with Crippen molar-refractivity contribution in [2.75, 3.05) is 0 Å². The summed E-state index contributed by atoms with van der Waals surface area (Å²) in [5.41, 5.74) is 3.14. The Bertz CT molecular complexity index is 308. The van der Waals surface area contributed by atoms with Crippen LogP contribution in [0.15, 0.2) is 12.1 Å². The Morgan fingerprint density at radius 2 is 1.80 bits per heavy atom. The van der Waals surface area contributed by atoms with E-state index in [1.807, 2.05) is 26.0 Å². The van der Waals surface area contributed by atoms with Crippen LogP contribution in [0, 0.1) is 13.8 Å². The zero-order chi connectivity index (χ0) is 11.4. The Morgan fingerprint density at radius 3 is 2.20 bits per heavy atom. The van der Waals surface area contributed by atoms with Crippen molar-refractivity contribution in [3.8, 4) is 5.75 Å². The smallest absolute Gasteiger partial charge is 0.125 e. The molecule has 0 aliphatic heterocycles. The molecule has 0 spiro atoms. The maximum atomic E-state index is 9.06. The van der Waals surface area contributed by atoms with Gasteiger partial charge in [0.2, 0.25) is 0 Å². The minimum absolute atomic E-state index is 0.0886. The van der Waals surface area contributed by atoms with E-state index in [0.717, 1.165) is 28.9 Å². The van der Waals surface area contributed by atoms with E-state index in [9.17, 15) is 0 Å². The minimum Gasteiger partial charge on any atom is -0.490 e. The number of aryl methyl sites for hydroxylation is 2. The van der Waals surface area contributed by atoms with Crippen LogP contribution in [-0.4, -0.2) is 11.2 Å². The fourth-order valence-corrected chi connectivity index (χ4v) is 1.60. The van der Waals surface area contributed by atoms with Crippen LogP contribution in [0.25, 0.3) is 0 Å². The molecule has 0 aliphatic rings. The molecular formula is C13H20O2. The molecule has 0 bridgehead atoms. The Kier molecular flexibility index (Phi) is 4.15. The van der Waals surface area contributed by atoms with E-state index >= 15 is 0 Å². The van der Waals surface area contributed by atoms with Gasteiger partial charge in [-0.15, -0.1) is 0 Å². The summed E-state index contributed by atoms with van der Waals surface area (Å²) in [6, 6.07) is 3.95. The van der Waals surface area contributed by atoms with Gasteiger partial charge in [0, 0.05) is 0 Å². The van der Waals surface area contributed by atoms with Crippen molar-refractivity contribution in [1.82, 2.24) is 0 Å². The second kappa shape index (κ2) is 5.17. The molecule has 1 aromatic carbocycles. The second-order valence-corrected chi connectivity index (χ2v) is 4.05. The number of benzene rings is 1. The molecule has 0 aromatic heterocycles. The first-order valence-electron chi connectivity index (χ1n) is 5.46. The van der Waals surface area contributed by atoms with Crippen LogP contribution in [0.3, 0.4) is 0 Å². The monoisotopic (exact) mass is 208 g/mol. The van der Waals surface area contributed by atoms with E-state index in [0.29, 0.717) is 0 Å². The highest BCUT2D eigenvalue weighted by Gasteiger charge is 2.08. The standard InChI is InChI=1S/C13H20O2/c1-5-11(4)15-13-9(2)6-12(8-14)7-10(13)3/h6-7,11,14H,5,8H2,1-4H3. The van der Waals surface area contributed by atoms with E-state index in [-0.39, 0.29) is 12.7 Å². The first kappa shape index (κ1) is 12.1. The van der Waals surface area contributed by atoms with E-state index in [2.05, 4.69) is 13.8 Å². The Morgan fingerprint density at radius 1 is 1.27 bits per heavy atom. The normalized spacial score (nSPS) is 12.6. The van der Waals surface area contributed by atoms with E-state index < -0.39 is 0 Å². The molecule has 1 atom stereocenters. The highest BCUT2D eigenvalue weighted by molar-refractivity contribution is 5.43. The molecule has 1 N–H and O–H groups in total. The third kappa shape index (κ3) is 2.96. The third-order valence-corrected chi connectivity index (χ3v) is 2.60. The van der Waals surface area contributed by atoms with Crippen LogP contribution in [-0.2, 0) is 6.61 Å². The maximum Gasteiger partial charge on any atom is 0.125 e. The molecule has 0 radical (unpaired) electrons. The first-order chi connectivity index (χ1) is 7.08. The SMILES string of the molecule is CCC(C)Oc1c(C)cc(CO)cc1C. The second-order valence-electron chi connectivity index (χ2n) is 4.05. The highest BCUT2D eigenvalue weighted by Crippen LogP contribution is 2.26. The van der Waals surface area contributed by atoms with Gasteiger partial charge in [0.25, 0.3) is 0 Å². The molecule has 0 aliphatic carbocycles. The molecule has 84 valence electrons. The van der Waals surface area contributed by atoms with Crippen molar-refractivity contribution in [1.29, 1.82) is 0 Å². The summed E-state index contributed by atoms with van der Waals surface area (Å²) < 4.78 is 5.84. The van der Waals surface area contributed by atoms with Crippen LogP contribution < -0.4 is 4.74 Å². The van der Waals surface area contributed by atoms with Gasteiger partial charge in [0.05, 0.1) is 12.7 Å². The Labute approximate surface area is 91.9 Å². The first-order valence-corrected chi connectivity index (χ1v) is 5.46. The lowest BCUT2D eigenvalue weighted by atomic mass is 10.1. The average Bonchev–Trinajstić information content (AvgIpc) is 2.22. The van der Waals surface area contributed by atoms with Crippen molar-refractivity contribution in [2.45, 2.75) is 46.8 Å². The van der Waals surface area contributed by atoms with Gasteiger partial charge in [-0.25, -0.2) is 0 Å². The van der Waals surface area contributed by atoms with E-state index in [1.165, 1.54) is 0 Å². The molecule has 0 saturated heterocycles. The molecule has 0 amide bonds. The lowest BCUT2D eigenvalue weighted by Gasteiger charge is -2.17. The predicted octanol–water partition coefficient (Wildman–Crippen LogP) is 2.97. The molecule has 1 rings (SSSR count). The third-order valence-electron chi connectivity index (χ3n) is 2.60. The summed E-state index contributed by atoms with van der Waals surface area (Å²) in [6.07, 6.45) is 1.24. The Balaban J connectivity index is 2.98. The minimum atomic E-state index is 0.0886.